The van der Waals surface area contributed by atoms with Gasteiger partial charge in [0.2, 0.25) is 0 Å². The molecule has 434 valence electrons. The zero-order chi connectivity index (χ0) is 54.2. The fraction of sp³-hybridized carbons (Fsp3) is 0.844. The summed E-state index contributed by atoms with van der Waals surface area (Å²) < 4.78 is 34.6. The summed E-state index contributed by atoms with van der Waals surface area (Å²) in [4.78, 5) is 35.7. The minimum Gasteiger partial charge on any atom is -0.462 e. The van der Waals surface area contributed by atoms with E-state index in [1.54, 1.807) is 0 Å². The SMILES string of the molecule is CC/C=C\C/C=C\C/C=C\CCCCCCCCCC(=O)OC(COC(=O)CCCCCCCCCCCCCCCCCCCCCCC/C=C\CCCCCCCCCC)COP(=O)(O)OCC[N+](C)(C)C. The Balaban J connectivity index is 3.98. The molecule has 2 atom stereocenters. The summed E-state index contributed by atoms with van der Waals surface area (Å²) in [6.45, 7) is 4.35. The number of nitrogens with zero attached hydrogens (tertiary/aromatic N) is 1. The average Bonchev–Trinajstić information content (AvgIpc) is 3.36. The largest absolute Gasteiger partial charge is 0.472 e. The number of hydrogen-bond acceptors (Lipinski definition) is 7. The zero-order valence-electron chi connectivity index (χ0n) is 49.3. The highest BCUT2D eigenvalue weighted by Crippen LogP contribution is 2.43. The van der Waals surface area contributed by atoms with E-state index in [1.807, 2.05) is 21.1 Å². The summed E-state index contributed by atoms with van der Waals surface area (Å²) in [6.07, 6.45) is 70.7. The fourth-order valence-corrected chi connectivity index (χ4v) is 9.77. The van der Waals surface area contributed by atoms with E-state index in [9.17, 15) is 19.0 Å². The van der Waals surface area contributed by atoms with Crippen LogP contribution in [0.15, 0.2) is 48.6 Å². The third-order valence-electron chi connectivity index (χ3n) is 13.8. The summed E-state index contributed by atoms with van der Waals surface area (Å²) in [7, 11) is 1.48. The molecule has 0 rings (SSSR count). The van der Waals surface area contributed by atoms with Crippen molar-refractivity contribution in [3.8, 4) is 0 Å². The Kier molecular flexibility index (Phi) is 54.2. The molecule has 0 fully saturated rings. The van der Waals surface area contributed by atoms with Crippen molar-refractivity contribution in [3.63, 3.8) is 0 Å². The zero-order valence-corrected chi connectivity index (χ0v) is 50.2. The normalized spacial score (nSPS) is 13.5. The number of carbonyl (C=O) groups is 2. The van der Waals surface area contributed by atoms with Gasteiger partial charge in [0.05, 0.1) is 27.7 Å². The van der Waals surface area contributed by atoms with Gasteiger partial charge in [0.25, 0.3) is 0 Å². The molecule has 0 aromatic carbocycles. The number of quaternary nitrogens is 1. The lowest BCUT2D eigenvalue weighted by Crippen LogP contribution is -2.37. The lowest BCUT2D eigenvalue weighted by atomic mass is 10.0. The highest BCUT2D eigenvalue weighted by Gasteiger charge is 2.27. The topological polar surface area (TPSA) is 108 Å². The van der Waals surface area contributed by atoms with Crippen molar-refractivity contribution in [2.24, 2.45) is 0 Å². The molecule has 0 heterocycles. The predicted molar refractivity (Wildman–Crippen MR) is 317 cm³/mol. The molecule has 0 aliphatic heterocycles. The van der Waals surface area contributed by atoms with Crippen molar-refractivity contribution in [1.29, 1.82) is 0 Å². The number of ether oxygens (including phenoxy) is 2. The minimum absolute atomic E-state index is 0.0298. The van der Waals surface area contributed by atoms with Crippen LogP contribution in [0.4, 0.5) is 0 Å². The van der Waals surface area contributed by atoms with Gasteiger partial charge in [-0.3, -0.25) is 18.6 Å². The molecule has 0 saturated carbocycles. The lowest BCUT2D eigenvalue weighted by molar-refractivity contribution is -0.870. The number of hydrogen-bond donors (Lipinski definition) is 1. The number of phosphoric acid groups is 1. The molecule has 10 heteroatoms. The van der Waals surface area contributed by atoms with Gasteiger partial charge in [-0.1, -0.05) is 262 Å². The first-order valence-corrected chi connectivity index (χ1v) is 32.9. The van der Waals surface area contributed by atoms with Gasteiger partial charge in [-0.25, -0.2) is 4.57 Å². The van der Waals surface area contributed by atoms with Crippen molar-refractivity contribution in [2.75, 3.05) is 47.5 Å². The maximum absolute atomic E-state index is 12.8. The van der Waals surface area contributed by atoms with Gasteiger partial charge in [-0.15, -0.1) is 0 Å². The van der Waals surface area contributed by atoms with Crippen LogP contribution in [0.3, 0.4) is 0 Å². The van der Waals surface area contributed by atoms with E-state index in [2.05, 4.69) is 62.5 Å². The van der Waals surface area contributed by atoms with Crippen LogP contribution in [-0.4, -0.2) is 74.9 Å². The molecule has 1 N–H and O–H groups in total. The first-order valence-electron chi connectivity index (χ1n) is 31.4. The molecule has 0 aliphatic rings. The van der Waals surface area contributed by atoms with Crippen molar-refractivity contribution in [3.05, 3.63) is 48.6 Å². The third kappa shape index (κ3) is 59.2. The molecule has 0 aromatic rings. The first kappa shape index (κ1) is 72.0. The van der Waals surface area contributed by atoms with E-state index in [4.69, 9.17) is 18.5 Å². The molecular weight excluding hydrogens is 942 g/mol. The Bertz CT molecular complexity index is 1390. The van der Waals surface area contributed by atoms with Crippen LogP contribution >= 0.6 is 7.82 Å². The standard InChI is InChI=1S/C64H120NO8P/c1-6-8-10-12-14-16-18-20-22-24-25-26-27-28-29-30-31-32-33-34-35-36-37-38-39-41-42-44-46-48-50-52-54-56-63(66)70-60-62(61-72-74(68,69)71-59-58-65(3,4)5)73-64(67)57-55-53-51-49-47-45-43-40-23-21-19-17-15-13-11-9-7-2/h9,11,15,17,21,23-25,62H,6-8,10,12-14,16,18-20,22,26-61H2,1-5H3/p+1/b11-9-,17-15-,23-21-,25-24-. The molecule has 0 amide bonds. The summed E-state index contributed by atoms with van der Waals surface area (Å²) in [5, 5.41) is 0. The van der Waals surface area contributed by atoms with Gasteiger partial charge in [-0.2, -0.15) is 0 Å². The summed E-state index contributed by atoms with van der Waals surface area (Å²) in [5.41, 5.74) is 0. The number of allylic oxidation sites excluding steroid dienone is 8. The van der Waals surface area contributed by atoms with Crippen LogP contribution in [0.25, 0.3) is 0 Å². The molecule has 0 saturated heterocycles. The Morgan fingerprint density at radius 2 is 0.770 bits per heavy atom. The van der Waals surface area contributed by atoms with Gasteiger partial charge in [0.15, 0.2) is 6.10 Å². The Hall–Kier alpha value is -2.03. The fourth-order valence-electron chi connectivity index (χ4n) is 9.03. The molecule has 0 bridgehead atoms. The Labute approximate surface area is 458 Å². The van der Waals surface area contributed by atoms with Crippen LogP contribution in [0.2, 0.25) is 0 Å². The monoisotopic (exact) mass is 1060 g/mol. The van der Waals surface area contributed by atoms with Crippen molar-refractivity contribution >= 4 is 19.8 Å². The molecule has 2 unspecified atom stereocenters. The van der Waals surface area contributed by atoms with Crippen LogP contribution in [0, 0.1) is 0 Å². The number of likely N-dealkylation sites (N-methyl/N-ethyl adjacent to an activating group) is 1. The van der Waals surface area contributed by atoms with Crippen molar-refractivity contribution in [2.45, 2.75) is 302 Å². The van der Waals surface area contributed by atoms with Crippen LogP contribution in [0.5, 0.6) is 0 Å². The second kappa shape index (κ2) is 55.7. The lowest BCUT2D eigenvalue weighted by Gasteiger charge is -2.24. The van der Waals surface area contributed by atoms with E-state index >= 15 is 0 Å². The molecule has 0 aliphatic carbocycles. The van der Waals surface area contributed by atoms with E-state index in [1.165, 1.54) is 199 Å². The Morgan fingerprint density at radius 1 is 0.432 bits per heavy atom. The maximum atomic E-state index is 12.8. The van der Waals surface area contributed by atoms with E-state index in [0.717, 1.165) is 64.2 Å². The van der Waals surface area contributed by atoms with E-state index in [-0.39, 0.29) is 32.0 Å². The summed E-state index contributed by atoms with van der Waals surface area (Å²) in [6, 6.07) is 0. The van der Waals surface area contributed by atoms with Crippen LogP contribution in [-0.2, 0) is 32.7 Å². The van der Waals surface area contributed by atoms with E-state index < -0.39 is 26.5 Å². The number of rotatable bonds is 58. The van der Waals surface area contributed by atoms with Gasteiger partial charge >= 0.3 is 19.8 Å². The second-order valence-electron chi connectivity index (χ2n) is 22.4. The predicted octanol–water partition coefficient (Wildman–Crippen LogP) is 19.7. The molecule has 0 aromatic heterocycles. The van der Waals surface area contributed by atoms with Crippen molar-refractivity contribution < 1.29 is 42.1 Å². The molecular formula is C64H121NO8P+. The van der Waals surface area contributed by atoms with Crippen LogP contribution < -0.4 is 0 Å². The number of carbonyl (C=O) groups excluding carboxylic acids is 2. The summed E-state index contributed by atoms with van der Waals surface area (Å²) >= 11 is 0. The number of unbranched alkanes of at least 4 members (excludes halogenated alkanes) is 36. The minimum atomic E-state index is -4.39. The highest BCUT2D eigenvalue weighted by atomic mass is 31.2. The van der Waals surface area contributed by atoms with Gasteiger partial charge in [0.1, 0.15) is 19.8 Å². The maximum Gasteiger partial charge on any atom is 0.472 e. The third-order valence-corrected chi connectivity index (χ3v) is 14.8. The van der Waals surface area contributed by atoms with Gasteiger partial charge in [0, 0.05) is 12.8 Å². The second-order valence-corrected chi connectivity index (χ2v) is 23.9. The molecule has 0 radical (unpaired) electrons. The quantitative estimate of drug-likeness (QED) is 0.0211. The number of esters is 2. The van der Waals surface area contributed by atoms with Crippen molar-refractivity contribution in [1.82, 2.24) is 0 Å². The van der Waals surface area contributed by atoms with E-state index in [0.29, 0.717) is 17.4 Å². The number of phosphoric ester groups is 1. The first-order chi connectivity index (χ1) is 36.0. The van der Waals surface area contributed by atoms with Gasteiger partial charge in [-0.05, 0) is 70.6 Å². The van der Waals surface area contributed by atoms with Crippen LogP contribution in [0.1, 0.15) is 296 Å². The molecule has 9 nitrogen and oxygen atoms in total. The Morgan fingerprint density at radius 3 is 1.16 bits per heavy atom. The van der Waals surface area contributed by atoms with Gasteiger partial charge < -0.3 is 18.9 Å². The molecule has 74 heavy (non-hydrogen) atoms. The highest BCUT2D eigenvalue weighted by molar-refractivity contribution is 7.47. The average molecular weight is 1060 g/mol. The summed E-state index contributed by atoms with van der Waals surface area (Å²) in [5.74, 6) is -0.798. The molecule has 0 spiro atoms. The smallest absolute Gasteiger partial charge is 0.462 e.